The van der Waals surface area contributed by atoms with Crippen LogP contribution >= 0.6 is 0 Å². The SMILES string of the molecule is Cc1cc(C(=O)COC(=O)CNC(=O)COc2ccccc2)c(C)n1CCc1ccccc1. The van der Waals surface area contributed by atoms with Crippen LogP contribution in [-0.2, 0) is 27.3 Å². The van der Waals surface area contributed by atoms with Crippen molar-refractivity contribution < 1.29 is 23.9 Å². The molecule has 1 N–H and O–H groups in total. The van der Waals surface area contributed by atoms with Gasteiger partial charge in [0.2, 0.25) is 5.78 Å². The van der Waals surface area contributed by atoms with Gasteiger partial charge < -0.3 is 19.4 Å². The molecule has 7 nitrogen and oxygen atoms in total. The molecule has 7 heteroatoms. The predicted molar refractivity (Wildman–Crippen MR) is 124 cm³/mol. The van der Waals surface area contributed by atoms with Gasteiger partial charge in [-0.2, -0.15) is 0 Å². The van der Waals surface area contributed by atoms with Crippen LogP contribution < -0.4 is 10.1 Å². The number of nitrogens with zero attached hydrogens (tertiary/aromatic N) is 1. The molecule has 0 unspecified atom stereocenters. The molecule has 0 spiro atoms. The monoisotopic (exact) mass is 448 g/mol. The van der Waals surface area contributed by atoms with Crippen LogP contribution in [0.25, 0.3) is 0 Å². The van der Waals surface area contributed by atoms with Crippen molar-refractivity contribution in [3.63, 3.8) is 0 Å². The maximum Gasteiger partial charge on any atom is 0.325 e. The lowest BCUT2D eigenvalue weighted by Crippen LogP contribution is -2.34. The van der Waals surface area contributed by atoms with Crippen molar-refractivity contribution in [1.29, 1.82) is 0 Å². The summed E-state index contributed by atoms with van der Waals surface area (Å²) in [5.41, 5.74) is 3.58. The normalized spacial score (nSPS) is 10.5. The van der Waals surface area contributed by atoms with Gasteiger partial charge in [-0.25, -0.2) is 0 Å². The van der Waals surface area contributed by atoms with Crippen LogP contribution in [0.2, 0.25) is 0 Å². The summed E-state index contributed by atoms with van der Waals surface area (Å²) in [6, 6.07) is 20.9. The lowest BCUT2D eigenvalue weighted by molar-refractivity contribution is -0.143. The fraction of sp³-hybridized carbons (Fsp3) is 0.269. The Balaban J connectivity index is 1.43. The number of ketones is 1. The van der Waals surface area contributed by atoms with Crippen molar-refractivity contribution >= 4 is 17.7 Å². The minimum atomic E-state index is -0.686. The first kappa shape index (κ1) is 23.8. The molecule has 0 radical (unpaired) electrons. The molecule has 0 aliphatic heterocycles. The number of nitrogens with one attached hydrogen (secondary N) is 1. The lowest BCUT2D eigenvalue weighted by Gasteiger charge is -2.10. The van der Waals surface area contributed by atoms with E-state index in [4.69, 9.17) is 9.47 Å². The maximum absolute atomic E-state index is 12.6. The fourth-order valence-corrected chi connectivity index (χ4v) is 3.48. The summed E-state index contributed by atoms with van der Waals surface area (Å²) >= 11 is 0. The highest BCUT2D eigenvalue weighted by molar-refractivity contribution is 5.99. The van der Waals surface area contributed by atoms with E-state index in [9.17, 15) is 14.4 Å². The molecule has 172 valence electrons. The first-order valence-corrected chi connectivity index (χ1v) is 10.8. The van der Waals surface area contributed by atoms with Crippen molar-refractivity contribution in [3.05, 3.63) is 89.2 Å². The molecule has 3 aromatic rings. The highest BCUT2D eigenvalue weighted by atomic mass is 16.5. The van der Waals surface area contributed by atoms with Crippen LogP contribution in [0.15, 0.2) is 66.7 Å². The van der Waals surface area contributed by atoms with Crippen molar-refractivity contribution in [1.82, 2.24) is 9.88 Å². The van der Waals surface area contributed by atoms with E-state index in [1.54, 1.807) is 24.3 Å². The van der Waals surface area contributed by atoms with Crippen molar-refractivity contribution in [2.24, 2.45) is 0 Å². The molecule has 2 aromatic carbocycles. The Hall–Kier alpha value is -3.87. The number of aryl methyl sites for hydroxylation is 2. The second-order valence-corrected chi connectivity index (χ2v) is 7.63. The number of benzene rings is 2. The third-order valence-electron chi connectivity index (χ3n) is 5.25. The van der Waals surface area contributed by atoms with Crippen LogP contribution in [0.4, 0.5) is 0 Å². The third-order valence-corrected chi connectivity index (χ3v) is 5.25. The van der Waals surface area contributed by atoms with Crippen LogP contribution in [-0.4, -0.2) is 42.0 Å². The number of carbonyl (C=O) groups is 3. The number of carbonyl (C=O) groups excluding carboxylic acids is 3. The highest BCUT2D eigenvalue weighted by Crippen LogP contribution is 2.17. The average Bonchev–Trinajstić information content (AvgIpc) is 3.13. The van der Waals surface area contributed by atoms with E-state index in [0.717, 1.165) is 24.4 Å². The van der Waals surface area contributed by atoms with E-state index in [1.165, 1.54) is 5.56 Å². The van der Waals surface area contributed by atoms with E-state index in [-0.39, 0.29) is 25.5 Å². The molecule has 0 aliphatic carbocycles. The van der Waals surface area contributed by atoms with Gasteiger partial charge in [0.15, 0.2) is 13.2 Å². The Kier molecular flexibility index (Phi) is 8.41. The van der Waals surface area contributed by atoms with Gasteiger partial charge in [0.1, 0.15) is 12.3 Å². The summed E-state index contributed by atoms with van der Waals surface area (Å²) in [6.07, 6.45) is 0.855. The molecule has 3 rings (SSSR count). The van der Waals surface area contributed by atoms with E-state index in [2.05, 4.69) is 22.0 Å². The lowest BCUT2D eigenvalue weighted by atomic mass is 10.1. The summed E-state index contributed by atoms with van der Waals surface area (Å²) in [4.78, 5) is 36.4. The molecule has 33 heavy (non-hydrogen) atoms. The van der Waals surface area contributed by atoms with Gasteiger partial charge in [0.05, 0.1) is 0 Å². The first-order valence-electron chi connectivity index (χ1n) is 10.8. The zero-order chi connectivity index (χ0) is 23.6. The number of para-hydroxylation sites is 1. The van der Waals surface area contributed by atoms with Gasteiger partial charge in [-0.05, 0) is 44.0 Å². The summed E-state index contributed by atoms with van der Waals surface area (Å²) in [7, 11) is 0. The number of hydrogen-bond donors (Lipinski definition) is 1. The zero-order valence-electron chi connectivity index (χ0n) is 18.9. The van der Waals surface area contributed by atoms with Gasteiger partial charge in [-0.1, -0.05) is 48.5 Å². The molecule has 0 bridgehead atoms. The quantitative estimate of drug-likeness (QED) is 0.359. The van der Waals surface area contributed by atoms with Gasteiger partial charge in [-0.3, -0.25) is 14.4 Å². The van der Waals surface area contributed by atoms with Crippen molar-refractivity contribution in [3.8, 4) is 5.75 Å². The van der Waals surface area contributed by atoms with Gasteiger partial charge in [-0.15, -0.1) is 0 Å². The summed E-state index contributed by atoms with van der Waals surface area (Å²) in [5.74, 6) is -0.860. The second kappa shape index (κ2) is 11.7. The second-order valence-electron chi connectivity index (χ2n) is 7.63. The molecular formula is C26H28N2O5. The van der Waals surface area contributed by atoms with E-state index < -0.39 is 11.9 Å². The highest BCUT2D eigenvalue weighted by Gasteiger charge is 2.17. The minimum Gasteiger partial charge on any atom is -0.484 e. The summed E-state index contributed by atoms with van der Waals surface area (Å²) in [6.45, 7) is 3.67. The first-order chi connectivity index (χ1) is 15.9. The molecule has 0 atom stereocenters. The molecule has 0 saturated heterocycles. The number of Topliss-reactive ketones (excluding diaryl/α,β-unsaturated/α-hetero) is 1. The van der Waals surface area contributed by atoms with Crippen LogP contribution in [0.1, 0.15) is 27.3 Å². The molecule has 0 saturated carbocycles. The standard InChI is InChI=1S/C26H28N2O5/c1-19-15-23(20(2)28(19)14-13-21-9-5-3-6-10-21)24(29)17-33-26(31)16-27-25(30)18-32-22-11-7-4-8-12-22/h3-12,15H,13-14,16-18H2,1-2H3,(H,27,30). The number of ether oxygens (including phenoxy) is 2. The van der Waals surface area contributed by atoms with Gasteiger partial charge in [0.25, 0.3) is 5.91 Å². The predicted octanol–water partition coefficient (Wildman–Crippen LogP) is 3.27. The largest absolute Gasteiger partial charge is 0.484 e. The Morgan fingerprint density at radius 2 is 1.58 bits per heavy atom. The molecule has 1 heterocycles. The topological polar surface area (TPSA) is 86.6 Å². The Morgan fingerprint density at radius 1 is 0.909 bits per heavy atom. The van der Waals surface area contributed by atoms with E-state index in [1.807, 2.05) is 44.2 Å². The van der Waals surface area contributed by atoms with Crippen LogP contribution in [0, 0.1) is 13.8 Å². The number of rotatable bonds is 11. The fourth-order valence-electron chi connectivity index (χ4n) is 3.48. The molecule has 0 fully saturated rings. The maximum atomic E-state index is 12.6. The third kappa shape index (κ3) is 7.07. The zero-order valence-corrected chi connectivity index (χ0v) is 18.9. The van der Waals surface area contributed by atoms with Crippen LogP contribution in [0.3, 0.4) is 0 Å². The van der Waals surface area contributed by atoms with Gasteiger partial charge in [0, 0.05) is 23.5 Å². The molecule has 0 aliphatic rings. The average molecular weight is 449 g/mol. The van der Waals surface area contributed by atoms with Gasteiger partial charge >= 0.3 is 5.97 Å². The number of hydrogen-bond acceptors (Lipinski definition) is 5. The summed E-state index contributed by atoms with van der Waals surface area (Å²) < 4.78 is 12.5. The Bertz CT molecular complexity index is 1090. The minimum absolute atomic E-state index is 0.217. The number of esters is 1. The van der Waals surface area contributed by atoms with E-state index in [0.29, 0.717) is 11.3 Å². The molecule has 1 aromatic heterocycles. The summed E-state index contributed by atoms with van der Waals surface area (Å²) in [5, 5.41) is 2.42. The number of amides is 1. The smallest absolute Gasteiger partial charge is 0.325 e. The Morgan fingerprint density at radius 3 is 2.27 bits per heavy atom. The molecular weight excluding hydrogens is 420 g/mol. The van der Waals surface area contributed by atoms with Crippen LogP contribution in [0.5, 0.6) is 5.75 Å². The van der Waals surface area contributed by atoms with Crippen molar-refractivity contribution in [2.45, 2.75) is 26.8 Å². The van der Waals surface area contributed by atoms with E-state index >= 15 is 0 Å². The van der Waals surface area contributed by atoms with Crippen molar-refractivity contribution in [2.75, 3.05) is 19.8 Å². The number of aromatic nitrogens is 1. The molecule has 1 amide bonds. The Labute approximate surface area is 193 Å².